The van der Waals surface area contributed by atoms with Crippen molar-refractivity contribution in [3.8, 4) is 0 Å². The van der Waals surface area contributed by atoms with Crippen LogP contribution in [-0.2, 0) is 6.42 Å². The fraction of sp³-hybridized carbons (Fsp3) is 0.636. The largest absolute Gasteiger partial charge is 0.383 e. The molecule has 90 valence electrons. The quantitative estimate of drug-likeness (QED) is 0.779. The molecule has 0 spiro atoms. The minimum absolute atomic E-state index is 0.445. The van der Waals surface area contributed by atoms with E-state index in [9.17, 15) is 0 Å². The van der Waals surface area contributed by atoms with Crippen LogP contribution < -0.4 is 11.1 Å². The van der Waals surface area contributed by atoms with Crippen LogP contribution in [0.2, 0.25) is 0 Å². The van der Waals surface area contributed by atoms with E-state index in [1.165, 1.54) is 6.33 Å². The number of nitrogen functional groups attached to an aromatic ring is 1. The Hall–Kier alpha value is -1.36. The highest BCUT2D eigenvalue weighted by atomic mass is 15.1. The van der Waals surface area contributed by atoms with E-state index in [1.807, 2.05) is 0 Å². The summed E-state index contributed by atoms with van der Waals surface area (Å²) < 4.78 is 0. The molecule has 0 saturated heterocycles. The lowest BCUT2D eigenvalue weighted by Crippen LogP contribution is -2.32. The van der Waals surface area contributed by atoms with Crippen molar-refractivity contribution < 1.29 is 0 Å². The maximum atomic E-state index is 5.80. The van der Waals surface area contributed by atoms with Crippen LogP contribution in [0.25, 0.3) is 0 Å². The third-order valence-electron chi connectivity index (χ3n) is 2.78. The third kappa shape index (κ3) is 3.06. The summed E-state index contributed by atoms with van der Waals surface area (Å²) in [6, 6.07) is 0.445. The van der Waals surface area contributed by atoms with Gasteiger partial charge in [-0.15, -0.1) is 0 Å². The maximum absolute atomic E-state index is 5.80. The molecule has 16 heavy (non-hydrogen) atoms. The Bertz CT molecular complexity index is 337. The minimum atomic E-state index is 0.445. The highest BCUT2D eigenvalue weighted by Gasteiger charge is 2.09. The van der Waals surface area contributed by atoms with Crippen molar-refractivity contribution >= 4 is 11.6 Å². The summed E-state index contributed by atoms with van der Waals surface area (Å²) in [5.41, 5.74) is 6.79. The summed E-state index contributed by atoms with van der Waals surface area (Å²) in [6.07, 6.45) is 2.34. The van der Waals surface area contributed by atoms with Crippen LogP contribution in [0.5, 0.6) is 0 Å². The van der Waals surface area contributed by atoms with Crippen molar-refractivity contribution in [3.63, 3.8) is 0 Å². The van der Waals surface area contributed by atoms with Crippen LogP contribution in [-0.4, -0.2) is 41.5 Å². The number of hydrogen-bond donors (Lipinski definition) is 2. The average molecular weight is 223 g/mol. The molecule has 1 rings (SSSR count). The topological polar surface area (TPSA) is 67.1 Å². The van der Waals surface area contributed by atoms with E-state index in [0.29, 0.717) is 11.9 Å². The van der Waals surface area contributed by atoms with E-state index >= 15 is 0 Å². The van der Waals surface area contributed by atoms with Gasteiger partial charge in [0.15, 0.2) is 0 Å². The van der Waals surface area contributed by atoms with Crippen molar-refractivity contribution in [2.45, 2.75) is 26.3 Å². The molecule has 1 heterocycles. The molecule has 0 bridgehead atoms. The summed E-state index contributed by atoms with van der Waals surface area (Å²) in [5, 5.41) is 3.31. The lowest BCUT2D eigenvalue weighted by atomic mass is 10.2. The normalized spacial score (nSPS) is 12.8. The SMILES string of the molecule is CCc1c(N)ncnc1NCC(C)N(C)C. The molecule has 0 aromatic carbocycles. The van der Waals surface area contributed by atoms with E-state index < -0.39 is 0 Å². The number of nitrogens with two attached hydrogens (primary N) is 1. The van der Waals surface area contributed by atoms with Crippen LogP contribution in [0.4, 0.5) is 11.6 Å². The van der Waals surface area contributed by atoms with Crippen LogP contribution in [0.3, 0.4) is 0 Å². The molecule has 0 amide bonds. The van der Waals surface area contributed by atoms with Gasteiger partial charge in [-0.25, -0.2) is 9.97 Å². The second kappa shape index (κ2) is 5.65. The van der Waals surface area contributed by atoms with Crippen LogP contribution >= 0.6 is 0 Å². The molecule has 1 aromatic heterocycles. The van der Waals surface area contributed by atoms with Crippen molar-refractivity contribution in [1.82, 2.24) is 14.9 Å². The fourth-order valence-electron chi connectivity index (χ4n) is 1.35. The number of nitrogens with one attached hydrogen (secondary N) is 1. The van der Waals surface area contributed by atoms with Crippen LogP contribution in [0, 0.1) is 0 Å². The van der Waals surface area contributed by atoms with Gasteiger partial charge in [0.2, 0.25) is 0 Å². The predicted molar refractivity (Wildman–Crippen MR) is 67.5 cm³/mol. The van der Waals surface area contributed by atoms with Gasteiger partial charge in [-0.3, -0.25) is 0 Å². The predicted octanol–water partition coefficient (Wildman–Crippen LogP) is 0.983. The van der Waals surface area contributed by atoms with E-state index in [4.69, 9.17) is 5.73 Å². The number of likely N-dealkylation sites (N-methyl/N-ethyl adjacent to an activating group) is 1. The summed E-state index contributed by atoms with van der Waals surface area (Å²) in [4.78, 5) is 10.4. The first-order valence-corrected chi connectivity index (χ1v) is 5.55. The summed E-state index contributed by atoms with van der Waals surface area (Å²) in [5.74, 6) is 1.42. The second-order valence-corrected chi connectivity index (χ2v) is 4.13. The van der Waals surface area contributed by atoms with Gasteiger partial charge in [0.1, 0.15) is 18.0 Å². The fourth-order valence-corrected chi connectivity index (χ4v) is 1.35. The zero-order valence-corrected chi connectivity index (χ0v) is 10.5. The molecule has 1 unspecified atom stereocenters. The van der Waals surface area contributed by atoms with Crippen molar-refractivity contribution in [3.05, 3.63) is 11.9 Å². The average Bonchev–Trinajstić information content (AvgIpc) is 2.25. The smallest absolute Gasteiger partial charge is 0.134 e. The number of aromatic nitrogens is 2. The monoisotopic (exact) mass is 223 g/mol. The molecule has 0 aliphatic rings. The zero-order chi connectivity index (χ0) is 12.1. The molecule has 1 atom stereocenters. The summed E-state index contributed by atoms with van der Waals surface area (Å²) >= 11 is 0. The Labute approximate surface area is 97.1 Å². The third-order valence-corrected chi connectivity index (χ3v) is 2.78. The summed E-state index contributed by atoms with van der Waals surface area (Å²) in [7, 11) is 4.11. The number of anilines is 2. The Morgan fingerprint density at radius 3 is 2.69 bits per heavy atom. The second-order valence-electron chi connectivity index (χ2n) is 4.13. The Morgan fingerprint density at radius 1 is 1.44 bits per heavy atom. The number of rotatable bonds is 5. The van der Waals surface area contributed by atoms with Crippen LogP contribution in [0.1, 0.15) is 19.4 Å². The Morgan fingerprint density at radius 2 is 2.12 bits per heavy atom. The Kier molecular flexibility index (Phi) is 4.49. The van der Waals surface area contributed by atoms with Gasteiger partial charge in [-0.2, -0.15) is 0 Å². The molecule has 0 aliphatic heterocycles. The first kappa shape index (κ1) is 12.7. The molecule has 0 fully saturated rings. The van der Waals surface area contributed by atoms with Gasteiger partial charge in [0.05, 0.1) is 0 Å². The van der Waals surface area contributed by atoms with Crippen molar-refractivity contribution in [2.75, 3.05) is 31.7 Å². The maximum Gasteiger partial charge on any atom is 0.134 e. The molecule has 5 nitrogen and oxygen atoms in total. The van der Waals surface area contributed by atoms with Gasteiger partial charge in [0, 0.05) is 18.2 Å². The summed E-state index contributed by atoms with van der Waals surface area (Å²) in [6.45, 7) is 5.05. The lowest BCUT2D eigenvalue weighted by Gasteiger charge is -2.21. The van der Waals surface area contributed by atoms with Gasteiger partial charge in [0.25, 0.3) is 0 Å². The Balaban J connectivity index is 2.70. The number of hydrogen-bond acceptors (Lipinski definition) is 5. The molecule has 0 radical (unpaired) electrons. The van der Waals surface area contributed by atoms with E-state index in [2.05, 4.69) is 48.1 Å². The van der Waals surface area contributed by atoms with E-state index in [0.717, 1.165) is 24.3 Å². The molecular weight excluding hydrogens is 202 g/mol. The van der Waals surface area contributed by atoms with Gasteiger partial charge >= 0.3 is 0 Å². The van der Waals surface area contributed by atoms with Crippen molar-refractivity contribution in [2.24, 2.45) is 0 Å². The standard InChI is InChI=1S/C11H21N5/c1-5-9-10(12)14-7-15-11(9)13-6-8(2)16(3)4/h7-8H,5-6H2,1-4H3,(H3,12,13,14,15). The molecule has 0 saturated carbocycles. The van der Waals surface area contributed by atoms with Gasteiger partial charge in [-0.05, 0) is 27.4 Å². The zero-order valence-electron chi connectivity index (χ0n) is 10.5. The molecule has 1 aromatic rings. The van der Waals surface area contributed by atoms with E-state index in [1.54, 1.807) is 0 Å². The first-order valence-electron chi connectivity index (χ1n) is 5.55. The highest BCUT2D eigenvalue weighted by Crippen LogP contribution is 2.17. The van der Waals surface area contributed by atoms with Crippen LogP contribution in [0.15, 0.2) is 6.33 Å². The molecule has 0 aliphatic carbocycles. The first-order chi connectivity index (χ1) is 7.56. The van der Waals surface area contributed by atoms with Gasteiger partial charge in [-0.1, -0.05) is 6.92 Å². The number of nitrogens with zero attached hydrogens (tertiary/aromatic N) is 3. The molecule has 5 heteroatoms. The minimum Gasteiger partial charge on any atom is -0.383 e. The highest BCUT2D eigenvalue weighted by molar-refractivity contribution is 5.54. The van der Waals surface area contributed by atoms with Gasteiger partial charge < -0.3 is 16.0 Å². The van der Waals surface area contributed by atoms with Crippen molar-refractivity contribution in [1.29, 1.82) is 0 Å². The lowest BCUT2D eigenvalue weighted by molar-refractivity contribution is 0.326. The molecule has 3 N–H and O–H groups in total. The van der Waals surface area contributed by atoms with E-state index in [-0.39, 0.29) is 0 Å². The molecular formula is C11H21N5.